The van der Waals surface area contributed by atoms with Crippen LogP contribution in [0.25, 0.3) is 0 Å². The Labute approximate surface area is 76.4 Å². The molecule has 0 amide bonds. The lowest BCUT2D eigenvalue weighted by Crippen LogP contribution is -2.36. The van der Waals surface area contributed by atoms with Gasteiger partial charge in [-0.3, -0.25) is 9.78 Å². The van der Waals surface area contributed by atoms with Crippen LogP contribution >= 0.6 is 0 Å². The maximum Gasteiger partial charge on any atom is 0.497 e. The van der Waals surface area contributed by atoms with Gasteiger partial charge in [0.05, 0.1) is 0 Å². The molecule has 8 heteroatoms. The topological polar surface area (TPSA) is 54.9 Å². The molecule has 0 unspecified atom stereocenters. The SMILES string of the molecule is Cc1cn(C[B-](F)(F)F)c(=O)[nH]c1=O. The fourth-order valence-electron chi connectivity index (χ4n) is 0.977. The van der Waals surface area contributed by atoms with E-state index in [1.54, 1.807) is 4.98 Å². The third-order valence-corrected chi connectivity index (χ3v) is 1.59. The fraction of sp³-hybridized carbons (Fsp3) is 0.333. The summed E-state index contributed by atoms with van der Waals surface area (Å²) in [6.07, 6.45) is -0.438. The molecule has 14 heavy (non-hydrogen) atoms. The van der Waals surface area contributed by atoms with Gasteiger partial charge in [-0.2, -0.15) is 0 Å². The van der Waals surface area contributed by atoms with E-state index in [1.165, 1.54) is 6.92 Å². The highest BCUT2D eigenvalue weighted by atomic mass is 19.4. The molecule has 0 spiro atoms. The van der Waals surface area contributed by atoms with Crippen LogP contribution in [0.5, 0.6) is 0 Å². The zero-order valence-electron chi connectivity index (χ0n) is 7.26. The summed E-state index contributed by atoms with van der Waals surface area (Å²) in [7, 11) is 0. The average Bonchev–Trinajstić information content (AvgIpc) is 1.97. The second kappa shape index (κ2) is 3.35. The van der Waals surface area contributed by atoms with Gasteiger partial charge in [-0.15, -0.1) is 0 Å². The van der Waals surface area contributed by atoms with Crippen molar-refractivity contribution in [1.29, 1.82) is 0 Å². The highest BCUT2D eigenvalue weighted by Crippen LogP contribution is 2.09. The number of aromatic nitrogens is 2. The molecule has 0 bridgehead atoms. The number of nitrogens with zero attached hydrogens (tertiary/aromatic N) is 1. The van der Waals surface area contributed by atoms with E-state index in [2.05, 4.69) is 0 Å². The van der Waals surface area contributed by atoms with E-state index < -0.39 is 24.7 Å². The predicted molar refractivity (Wildman–Crippen MR) is 45.1 cm³/mol. The number of aryl methyl sites for hydroxylation is 1. The van der Waals surface area contributed by atoms with E-state index in [1.807, 2.05) is 0 Å². The Kier molecular flexibility index (Phi) is 2.54. The molecule has 0 aliphatic heterocycles. The number of halogens is 3. The highest BCUT2D eigenvalue weighted by Gasteiger charge is 2.24. The Balaban J connectivity index is 3.18. The minimum absolute atomic E-state index is 0.0738. The molecule has 4 nitrogen and oxygen atoms in total. The Bertz CT molecular complexity index is 448. The molecule has 1 aromatic heterocycles. The molecule has 1 N–H and O–H groups in total. The van der Waals surface area contributed by atoms with Gasteiger partial charge >= 0.3 is 12.7 Å². The van der Waals surface area contributed by atoms with E-state index in [9.17, 15) is 22.5 Å². The zero-order valence-corrected chi connectivity index (χ0v) is 7.26. The minimum atomic E-state index is -5.09. The lowest BCUT2D eigenvalue weighted by atomic mass is 9.92. The van der Waals surface area contributed by atoms with Crippen molar-refractivity contribution in [3.8, 4) is 0 Å². The van der Waals surface area contributed by atoms with Gasteiger partial charge in [-0.1, -0.05) is 0 Å². The summed E-state index contributed by atoms with van der Waals surface area (Å²) in [4.78, 5) is 23.5. The predicted octanol–water partition coefficient (Wildman–Crippen LogP) is 0.232. The lowest BCUT2D eigenvalue weighted by molar-refractivity contribution is 0.440. The first-order valence-corrected chi connectivity index (χ1v) is 3.81. The number of H-pyrrole nitrogens is 1. The second-order valence-electron chi connectivity index (χ2n) is 2.93. The maximum absolute atomic E-state index is 12.0. The second-order valence-corrected chi connectivity index (χ2v) is 2.93. The molecule has 0 fully saturated rings. The molecule has 0 atom stereocenters. The van der Waals surface area contributed by atoms with Crippen LogP contribution in [-0.4, -0.2) is 16.5 Å². The molecule has 0 aliphatic rings. The third-order valence-electron chi connectivity index (χ3n) is 1.59. The Hall–Kier alpha value is -1.47. The molecule has 0 aromatic carbocycles. The summed E-state index contributed by atoms with van der Waals surface area (Å²) >= 11 is 0. The summed E-state index contributed by atoms with van der Waals surface area (Å²) in [5.74, 6) is 0. The normalized spacial score (nSPS) is 11.7. The van der Waals surface area contributed by atoms with Crippen LogP contribution in [0.15, 0.2) is 15.8 Å². The van der Waals surface area contributed by atoms with Crippen molar-refractivity contribution in [2.75, 3.05) is 0 Å². The van der Waals surface area contributed by atoms with Crippen molar-refractivity contribution in [1.82, 2.24) is 9.55 Å². The van der Waals surface area contributed by atoms with Gasteiger partial charge in [-0.25, -0.2) is 4.79 Å². The number of rotatable bonds is 2. The first-order chi connectivity index (χ1) is 6.29. The first-order valence-electron chi connectivity index (χ1n) is 3.81. The molecule has 0 radical (unpaired) electrons. The molecule has 0 aliphatic carbocycles. The fourth-order valence-corrected chi connectivity index (χ4v) is 0.977. The third kappa shape index (κ3) is 2.51. The van der Waals surface area contributed by atoms with Gasteiger partial charge in [0.25, 0.3) is 5.56 Å². The molecule has 0 saturated heterocycles. The standard InChI is InChI=1S/C6H7BF3N2O2/c1-4-2-12(3-7(8,9)10)6(14)11-5(4)13/h2H,3H2,1H3,(H,11,13,14)/q-1. The van der Waals surface area contributed by atoms with Crippen LogP contribution in [0.3, 0.4) is 0 Å². The smallest absolute Gasteiger partial charge is 0.448 e. The van der Waals surface area contributed by atoms with Crippen molar-refractivity contribution >= 4 is 6.98 Å². The molecule has 1 heterocycles. The van der Waals surface area contributed by atoms with Crippen molar-refractivity contribution < 1.29 is 12.9 Å². The molecule has 1 aromatic rings. The van der Waals surface area contributed by atoms with Gasteiger partial charge in [0.1, 0.15) is 0 Å². The van der Waals surface area contributed by atoms with Crippen molar-refractivity contribution in [2.24, 2.45) is 0 Å². The van der Waals surface area contributed by atoms with E-state index in [-0.39, 0.29) is 5.56 Å². The van der Waals surface area contributed by atoms with Gasteiger partial charge in [0.2, 0.25) is 0 Å². The minimum Gasteiger partial charge on any atom is -0.448 e. The monoisotopic (exact) mass is 207 g/mol. The van der Waals surface area contributed by atoms with Crippen LogP contribution in [0.4, 0.5) is 12.9 Å². The summed E-state index contributed by atoms with van der Waals surface area (Å²) in [5.41, 5.74) is -1.63. The Morgan fingerprint density at radius 1 is 1.43 bits per heavy atom. The summed E-state index contributed by atoms with van der Waals surface area (Å²) in [5, 5.41) is 0. The maximum atomic E-state index is 12.0. The molecule has 1 rings (SSSR count). The Morgan fingerprint density at radius 3 is 2.50 bits per heavy atom. The molecular formula is C6H7BF3N2O2-. The van der Waals surface area contributed by atoms with Gasteiger partial charge in [-0.05, 0) is 13.4 Å². The van der Waals surface area contributed by atoms with Crippen LogP contribution in [0, 0.1) is 6.92 Å². The first kappa shape index (κ1) is 10.6. The number of hydrogen-bond donors (Lipinski definition) is 1. The van der Waals surface area contributed by atoms with E-state index in [0.29, 0.717) is 4.57 Å². The number of hydrogen-bond acceptors (Lipinski definition) is 2. The number of nitrogens with one attached hydrogen (secondary N) is 1. The zero-order chi connectivity index (χ0) is 10.9. The largest absolute Gasteiger partial charge is 0.497 e. The lowest BCUT2D eigenvalue weighted by Gasteiger charge is -2.15. The van der Waals surface area contributed by atoms with Crippen LogP contribution in [-0.2, 0) is 6.44 Å². The molecular weight excluding hydrogens is 200 g/mol. The Morgan fingerprint density at radius 2 is 2.00 bits per heavy atom. The van der Waals surface area contributed by atoms with Crippen LogP contribution < -0.4 is 11.2 Å². The summed E-state index contributed by atoms with van der Waals surface area (Å²) in [6.45, 7) is -3.75. The molecule has 78 valence electrons. The van der Waals surface area contributed by atoms with Gasteiger partial charge in [0.15, 0.2) is 0 Å². The molecule has 0 saturated carbocycles. The number of aromatic amines is 1. The van der Waals surface area contributed by atoms with Crippen LogP contribution in [0.2, 0.25) is 0 Å². The summed E-state index contributed by atoms with van der Waals surface area (Å²) in [6, 6.07) is 0. The summed E-state index contributed by atoms with van der Waals surface area (Å²) < 4.78 is 36.3. The van der Waals surface area contributed by atoms with E-state index >= 15 is 0 Å². The van der Waals surface area contributed by atoms with Crippen LogP contribution in [0.1, 0.15) is 5.56 Å². The average molecular weight is 207 g/mol. The highest BCUT2D eigenvalue weighted by molar-refractivity contribution is 6.57. The van der Waals surface area contributed by atoms with Crippen molar-refractivity contribution in [3.63, 3.8) is 0 Å². The van der Waals surface area contributed by atoms with Gasteiger partial charge in [0, 0.05) is 11.8 Å². The quantitative estimate of drug-likeness (QED) is 0.705. The van der Waals surface area contributed by atoms with Gasteiger partial charge < -0.3 is 17.5 Å². The van der Waals surface area contributed by atoms with Crippen molar-refractivity contribution in [2.45, 2.75) is 13.4 Å². The van der Waals surface area contributed by atoms with E-state index in [0.717, 1.165) is 6.20 Å². The van der Waals surface area contributed by atoms with E-state index in [4.69, 9.17) is 0 Å². The van der Waals surface area contributed by atoms with Crippen molar-refractivity contribution in [3.05, 3.63) is 32.6 Å².